The molecule has 0 bridgehead atoms. The molecule has 6 nitrogen and oxygen atoms in total. The third kappa shape index (κ3) is 5.55. The minimum atomic E-state index is -0.147. The molecule has 27 heavy (non-hydrogen) atoms. The van der Waals surface area contributed by atoms with Crippen LogP contribution in [-0.4, -0.2) is 42.3 Å². The van der Waals surface area contributed by atoms with Crippen LogP contribution >= 0.6 is 0 Å². The summed E-state index contributed by atoms with van der Waals surface area (Å²) in [7, 11) is 0. The monoisotopic (exact) mass is 371 g/mol. The molecule has 3 rings (SSSR count). The van der Waals surface area contributed by atoms with Crippen molar-refractivity contribution in [1.29, 1.82) is 0 Å². The van der Waals surface area contributed by atoms with Gasteiger partial charge >= 0.3 is 0 Å². The van der Waals surface area contributed by atoms with Gasteiger partial charge in [0.15, 0.2) is 0 Å². The summed E-state index contributed by atoms with van der Waals surface area (Å²) >= 11 is 0. The van der Waals surface area contributed by atoms with E-state index in [9.17, 15) is 14.4 Å². The standard InChI is InChI=1S/C21H29N3O3/c1-15-14-18(15)20(26)22-11-10-19(25)23-17-8-6-16(7-9-17)21(27)24-12-4-2-3-5-13-24/h6-9,15,18H,2-5,10-14H2,1H3,(H,22,26)(H,23,25)/t15-,18-/m1/s1. The molecule has 2 fully saturated rings. The zero-order valence-electron chi connectivity index (χ0n) is 16.0. The topological polar surface area (TPSA) is 78.5 Å². The average molecular weight is 371 g/mol. The van der Waals surface area contributed by atoms with Crippen molar-refractivity contribution in [3.8, 4) is 0 Å². The fourth-order valence-electron chi connectivity index (χ4n) is 3.49. The zero-order chi connectivity index (χ0) is 19.2. The summed E-state index contributed by atoms with van der Waals surface area (Å²) < 4.78 is 0. The SMILES string of the molecule is C[C@@H]1C[C@H]1C(=O)NCCC(=O)Nc1ccc(C(=O)N2CCCCCC2)cc1. The molecule has 1 aromatic carbocycles. The summed E-state index contributed by atoms with van der Waals surface area (Å²) in [6, 6.07) is 7.04. The van der Waals surface area contributed by atoms with Crippen LogP contribution in [-0.2, 0) is 9.59 Å². The maximum Gasteiger partial charge on any atom is 0.253 e. The van der Waals surface area contributed by atoms with E-state index in [1.54, 1.807) is 24.3 Å². The molecule has 2 aliphatic rings. The van der Waals surface area contributed by atoms with E-state index in [4.69, 9.17) is 0 Å². The van der Waals surface area contributed by atoms with Crippen LogP contribution < -0.4 is 10.6 Å². The van der Waals surface area contributed by atoms with Crippen molar-refractivity contribution in [1.82, 2.24) is 10.2 Å². The maximum atomic E-state index is 12.6. The minimum absolute atomic E-state index is 0.0479. The molecular weight excluding hydrogens is 342 g/mol. The molecule has 1 aliphatic carbocycles. The van der Waals surface area contributed by atoms with Gasteiger partial charge < -0.3 is 15.5 Å². The zero-order valence-corrected chi connectivity index (χ0v) is 16.0. The first kappa shape index (κ1) is 19.4. The van der Waals surface area contributed by atoms with Crippen LogP contribution in [0.1, 0.15) is 55.8 Å². The van der Waals surface area contributed by atoms with Crippen molar-refractivity contribution in [2.45, 2.75) is 45.4 Å². The molecule has 3 amide bonds. The van der Waals surface area contributed by atoms with Gasteiger partial charge in [0.2, 0.25) is 11.8 Å². The van der Waals surface area contributed by atoms with Crippen molar-refractivity contribution in [2.24, 2.45) is 11.8 Å². The van der Waals surface area contributed by atoms with E-state index < -0.39 is 0 Å². The van der Waals surface area contributed by atoms with E-state index >= 15 is 0 Å². The highest BCUT2D eigenvalue weighted by atomic mass is 16.2. The molecule has 0 spiro atoms. The first-order valence-electron chi connectivity index (χ1n) is 10.0. The molecule has 2 atom stereocenters. The maximum absolute atomic E-state index is 12.6. The fraction of sp³-hybridized carbons (Fsp3) is 0.571. The number of hydrogen-bond donors (Lipinski definition) is 2. The highest BCUT2D eigenvalue weighted by Gasteiger charge is 2.38. The Hall–Kier alpha value is -2.37. The number of anilines is 1. The number of hydrogen-bond acceptors (Lipinski definition) is 3. The summed E-state index contributed by atoms with van der Waals surface area (Å²) in [5.74, 6) is 0.556. The summed E-state index contributed by atoms with van der Waals surface area (Å²) in [4.78, 5) is 38.2. The summed E-state index contributed by atoms with van der Waals surface area (Å²) in [5, 5.41) is 5.62. The molecule has 2 N–H and O–H groups in total. The Morgan fingerprint density at radius 2 is 1.67 bits per heavy atom. The summed E-state index contributed by atoms with van der Waals surface area (Å²) in [6.45, 7) is 4.04. The Morgan fingerprint density at radius 1 is 1.04 bits per heavy atom. The predicted molar refractivity (Wildman–Crippen MR) is 104 cm³/mol. The van der Waals surface area contributed by atoms with Gasteiger partial charge in [-0.3, -0.25) is 14.4 Å². The van der Waals surface area contributed by atoms with Crippen molar-refractivity contribution < 1.29 is 14.4 Å². The summed E-state index contributed by atoms with van der Waals surface area (Å²) in [5.41, 5.74) is 1.32. The molecule has 1 aliphatic heterocycles. The summed E-state index contributed by atoms with van der Waals surface area (Å²) in [6.07, 6.45) is 5.69. The van der Waals surface area contributed by atoms with Crippen LogP contribution in [0.15, 0.2) is 24.3 Å². The largest absolute Gasteiger partial charge is 0.355 e. The van der Waals surface area contributed by atoms with Crippen LogP contribution in [0.2, 0.25) is 0 Å². The van der Waals surface area contributed by atoms with Gasteiger partial charge in [-0.15, -0.1) is 0 Å². The van der Waals surface area contributed by atoms with Crippen molar-refractivity contribution in [3.63, 3.8) is 0 Å². The molecule has 0 unspecified atom stereocenters. The lowest BCUT2D eigenvalue weighted by atomic mass is 10.1. The third-order valence-corrected chi connectivity index (χ3v) is 5.41. The van der Waals surface area contributed by atoms with E-state index in [0.717, 1.165) is 32.4 Å². The van der Waals surface area contributed by atoms with Crippen LogP contribution in [0.4, 0.5) is 5.69 Å². The van der Waals surface area contributed by atoms with Gasteiger partial charge in [0.25, 0.3) is 5.91 Å². The highest BCUT2D eigenvalue weighted by molar-refractivity contribution is 5.96. The second kappa shape index (κ2) is 9.02. The van der Waals surface area contributed by atoms with E-state index in [2.05, 4.69) is 17.6 Å². The predicted octanol–water partition coefficient (Wildman–Crippen LogP) is 2.80. The lowest BCUT2D eigenvalue weighted by Crippen LogP contribution is -2.31. The number of carbonyl (C=O) groups excluding carboxylic acids is 3. The Balaban J connectivity index is 1.43. The quantitative estimate of drug-likeness (QED) is 0.807. The fourth-order valence-corrected chi connectivity index (χ4v) is 3.49. The van der Waals surface area contributed by atoms with Crippen molar-refractivity contribution in [2.75, 3.05) is 25.0 Å². The first-order chi connectivity index (χ1) is 13.0. The smallest absolute Gasteiger partial charge is 0.253 e. The Morgan fingerprint density at radius 3 is 2.26 bits per heavy atom. The average Bonchev–Trinajstić information content (AvgIpc) is 3.44. The Bertz CT molecular complexity index is 678. The normalized spacial score (nSPS) is 21.9. The van der Waals surface area contributed by atoms with Gasteiger partial charge in [-0.2, -0.15) is 0 Å². The highest BCUT2D eigenvalue weighted by Crippen LogP contribution is 2.37. The van der Waals surface area contributed by atoms with E-state index in [1.165, 1.54) is 12.8 Å². The lowest BCUT2D eigenvalue weighted by Gasteiger charge is -2.20. The number of benzene rings is 1. The van der Waals surface area contributed by atoms with E-state index in [-0.39, 0.29) is 30.1 Å². The number of carbonyl (C=O) groups is 3. The number of nitrogens with one attached hydrogen (secondary N) is 2. The molecule has 1 saturated heterocycles. The van der Waals surface area contributed by atoms with Gasteiger partial charge in [0.1, 0.15) is 0 Å². The van der Waals surface area contributed by atoms with Crippen LogP contribution in [0.5, 0.6) is 0 Å². The van der Waals surface area contributed by atoms with Gasteiger partial charge in [-0.25, -0.2) is 0 Å². The van der Waals surface area contributed by atoms with Gasteiger partial charge in [0, 0.05) is 43.2 Å². The van der Waals surface area contributed by atoms with E-state index in [0.29, 0.717) is 23.7 Å². The molecule has 0 aromatic heterocycles. The molecule has 1 saturated carbocycles. The lowest BCUT2D eigenvalue weighted by molar-refractivity contribution is -0.122. The molecule has 1 aromatic rings. The van der Waals surface area contributed by atoms with Gasteiger partial charge in [-0.05, 0) is 49.4 Å². The minimum Gasteiger partial charge on any atom is -0.355 e. The molecule has 1 heterocycles. The van der Waals surface area contributed by atoms with Crippen molar-refractivity contribution >= 4 is 23.4 Å². The first-order valence-corrected chi connectivity index (χ1v) is 10.0. The second-order valence-corrected chi connectivity index (χ2v) is 7.69. The van der Waals surface area contributed by atoms with Crippen LogP contribution in [0.3, 0.4) is 0 Å². The molecule has 0 radical (unpaired) electrons. The van der Waals surface area contributed by atoms with E-state index in [1.807, 2.05) is 4.90 Å². The van der Waals surface area contributed by atoms with Crippen LogP contribution in [0.25, 0.3) is 0 Å². The molecule has 6 heteroatoms. The van der Waals surface area contributed by atoms with Gasteiger partial charge in [-0.1, -0.05) is 19.8 Å². The third-order valence-electron chi connectivity index (χ3n) is 5.41. The molecule has 146 valence electrons. The number of amides is 3. The number of nitrogens with zero attached hydrogens (tertiary/aromatic N) is 1. The number of likely N-dealkylation sites (tertiary alicyclic amines) is 1. The van der Waals surface area contributed by atoms with Crippen molar-refractivity contribution in [3.05, 3.63) is 29.8 Å². The Labute approximate surface area is 160 Å². The Kier molecular flexibility index (Phi) is 6.48. The van der Waals surface area contributed by atoms with Crippen LogP contribution in [0, 0.1) is 11.8 Å². The second-order valence-electron chi connectivity index (χ2n) is 7.69. The number of rotatable bonds is 6. The molecular formula is C21H29N3O3. The van der Waals surface area contributed by atoms with Gasteiger partial charge in [0.05, 0.1) is 0 Å².